The molecule has 0 unspecified atom stereocenters. The summed E-state index contributed by atoms with van der Waals surface area (Å²) in [4.78, 5) is 7.49. The zero-order valence-electron chi connectivity index (χ0n) is 16.1. The minimum atomic E-state index is -3.19. The molecule has 70 valence electrons. The number of hydrogen-bond donors (Lipinski definition) is 0. The molecule has 1 saturated heterocycles. The highest BCUT2D eigenvalue weighted by atomic mass is 79.9. The maximum Gasteiger partial charge on any atom is 0.226 e. The molecule has 0 bridgehead atoms. The fourth-order valence-corrected chi connectivity index (χ4v) is 0.961. The van der Waals surface area contributed by atoms with E-state index in [0.29, 0.717) is 4.90 Å². The monoisotopic (exact) mass is 253 g/mol. The Morgan fingerprint density at radius 3 is 3.54 bits per heavy atom. The molecule has 0 amide bonds. The van der Waals surface area contributed by atoms with Crippen molar-refractivity contribution in [2.45, 2.75) is 6.08 Å². The molecule has 4 nitrogen and oxygen atoms in total. The Morgan fingerprint density at radius 1 is 2.00 bits per heavy atom. The second-order valence-corrected chi connectivity index (χ2v) is 2.79. The number of nitrogens with zero attached hydrogens (tertiary/aromatic N) is 3. The zero-order chi connectivity index (χ0) is 18.0. The van der Waals surface area contributed by atoms with Gasteiger partial charge in [0.15, 0.2) is 0 Å². The Kier molecular flexibility index (Phi) is 0.802. The first-order valence-electron chi connectivity index (χ1n) is 8.16. The van der Waals surface area contributed by atoms with Crippen LogP contribution in [0.5, 0.6) is 0 Å². The Morgan fingerprint density at radius 2 is 2.85 bits per heavy atom. The summed E-state index contributed by atoms with van der Waals surface area (Å²) < 4.78 is 79.3. The zero-order valence-corrected chi connectivity index (χ0v) is 7.71. The molecule has 0 N–H and O–H groups in total. The summed E-state index contributed by atoms with van der Waals surface area (Å²) >= 11 is 2.87. The molecule has 0 atom stereocenters. The van der Waals surface area contributed by atoms with Gasteiger partial charge in [0.2, 0.25) is 5.95 Å². The van der Waals surface area contributed by atoms with Crippen molar-refractivity contribution in [2.24, 2.45) is 0 Å². The number of anilines is 1. The average molecular weight is 254 g/mol. The van der Waals surface area contributed by atoms with E-state index in [-0.39, 0.29) is 10.6 Å². The van der Waals surface area contributed by atoms with Gasteiger partial charge in [0.25, 0.3) is 0 Å². The molecule has 1 aromatic rings. The number of methoxy groups -OCH3 is 1. The van der Waals surface area contributed by atoms with Gasteiger partial charge in [-0.3, -0.25) is 0 Å². The molecule has 1 aromatic heterocycles. The van der Waals surface area contributed by atoms with E-state index in [2.05, 4.69) is 30.6 Å². The fraction of sp³-hybridized carbons (Fsp3) is 0.500. The molecule has 0 spiro atoms. The molecule has 2 rings (SSSR count). The standard InChI is InChI=1S/C8H10BrN3O/c1-13-6-4-12(5-6)8-10-3-2-7(9)11-8/h2-3,6H,4-5H2,1H3/i1D3,2D,3D,4D2,5D2,6D. The molecule has 0 radical (unpaired) electrons. The smallest absolute Gasteiger partial charge is 0.226 e. The molecule has 0 aliphatic carbocycles. The van der Waals surface area contributed by atoms with E-state index in [1.165, 1.54) is 0 Å². The average Bonchev–Trinajstić information content (AvgIpc) is 2.32. The quantitative estimate of drug-likeness (QED) is 0.740. The molecule has 13 heavy (non-hydrogen) atoms. The van der Waals surface area contributed by atoms with Crippen LogP contribution in [-0.4, -0.2) is 36.1 Å². The van der Waals surface area contributed by atoms with Gasteiger partial charge < -0.3 is 9.64 Å². The van der Waals surface area contributed by atoms with Crippen LogP contribution in [0, 0.1) is 0 Å². The third-order valence-electron chi connectivity index (χ3n) is 1.24. The first-order valence-corrected chi connectivity index (χ1v) is 3.96. The Bertz CT molecular complexity index is 610. The van der Waals surface area contributed by atoms with Gasteiger partial charge >= 0.3 is 0 Å². The van der Waals surface area contributed by atoms with Gasteiger partial charge in [0.1, 0.15) is 4.60 Å². The van der Waals surface area contributed by atoms with E-state index in [4.69, 9.17) is 13.7 Å². The lowest BCUT2D eigenvalue weighted by Crippen LogP contribution is -2.52. The van der Waals surface area contributed by atoms with Crippen molar-refractivity contribution in [3.63, 3.8) is 0 Å². The summed E-state index contributed by atoms with van der Waals surface area (Å²) in [6.45, 7) is -5.86. The van der Waals surface area contributed by atoms with Crippen LogP contribution in [0.3, 0.4) is 0 Å². The number of ether oxygens (including phenoxy) is 1. The van der Waals surface area contributed by atoms with Gasteiger partial charge in [0, 0.05) is 26.2 Å². The Hall–Kier alpha value is -0.680. The molecule has 1 aliphatic rings. The molecular weight excluding hydrogens is 234 g/mol. The molecule has 2 heterocycles. The van der Waals surface area contributed by atoms with Crippen LogP contribution in [0.1, 0.15) is 13.7 Å². The van der Waals surface area contributed by atoms with Gasteiger partial charge in [-0.25, -0.2) is 9.97 Å². The van der Waals surface area contributed by atoms with Gasteiger partial charge in [-0.2, -0.15) is 0 Å². The number of rotatable bonds is 2. The van der Waals surface area contributed by atoms with Crippen molar-refractivity contribution in [2.75, 3.05) is 24.9 Å². The summed E-state index contributed by atoms with van der Waals surface area (Å²) in [5, 5.41) is 0. The van der Waals surface area contributed by atoms with Crippen LogP contribution >= 0.6 is 15.9 Å². The third kappa shape index (κ3) is 1.81. The predicted octanol–water partition coefficient (Wildman–Crippen LogP) is 1.07. The van der Waals surface area contributed by atoms with Crippen LogP contribution in [0.25, 0.3) is 0 Å². The molecule has 0 saturated carbocycles. The number of hydrogen-bond acceptors (Lipinski definition) is 4. The van der Waals surface area contributed by atoms with Crippen LogP contribution < -0.4 is 4.90 Å². The summed E-state index contributed by atoms with van der Waals surface area (Å²) in [5.74, 6) is -0.607. The summed E-state index contributed by atoms with van der Waals surface area (Å²) in [6.07, 6.45) is -3.66. The fourth-order valence-electron chi connectivity index (χ4n) is 0.714. The lowest BCUT2D eigenvalue weighted by molar-refractivity contribution is 0.0778. The maximum absolute atomic E-state index is 7.83. The SMILES string of the molecule is [2H]c1nc(N2C([2H])([2H])C([2H])(OC([2H])([2H])[2H])C2([2H])[2H])nc(Br)c1[2H]. The summed E-state index contributed by atoms with van der Waals surface area (Å²) in [6, 6.07) is -0.383. The normalized spacial score (nSPS) is 39.6. The number of aromatic nitrogens is 2. The van der Waals surface area contributed by atoms with E-state index < -0.39 is 38.2 Å². The molecular formula is C8H10BrN3O. The molecule has 1 fully saturated rings. The minimum Gasteiger partial charge on any atom is -0.378 e. The Labute approximate surface area is 99.1 Å². The van der Waals surface area contributed by atoms with Crippen LogP contribution in [-0.2, 0) is 4.74 Å². The molecule has 1 aliphatic heterocycles. The van der Waals surface area contributed by atoms with Crippen molar-refractivity contribution < 1.29 is 18.4 Å². The van der Waals surface area contributed by atoms with Crippen LogP contribution in [0.15, 0.2) is 16.8 Å². The summed E-state index contributed by atoms with van der Waals surface area (Å²) in [7, 11) is -3.19. The van der Waals surface area contributed by atoms with Crippen molar-refractivity contribution in [3.05, 3.63) is 16.8 Å². The largest absolute Gasteiger partial charge is 0.378 e. The minimum absolute atomic E-state index is 0.168. The van der Waals surface area contributed by atoms with Gasteiger partial charge in [-0.15, -0.1) is 0 Å². The van der Waals surface area contributed by atoms with Crippen molar-refractivity contribution in [1.29, 1.82) is 0 Å². The van der Waals surface area contributed by atoms with Gasteiger partial charge in [-0.05, 0) is 22.0 Å². The van der Waals surface area contributed by atoms with Crippen LogP contribution in [0.2, 0.25) is 0 Å². The second-order valence-electron chi connectivity index (χ2n) is 2.04. The van der Waals surface area contributed by atoms with E-state index in [0.717, 1.165) is 0 Å². The van der Waals surface area contributed by atoms with E-state index >= 15 is 0 Å². The van der Waals surface area contributed by atoms with Gasteiger partial charge in [0.05, 0.1) is 19.8 Å². The third-order valence-corrected chi connectivity index (χ3v) is 1.62. The Balaban J connectivity index is 2.51. The van der Waals surface area contributed by atoms with Crippen LogP contribution in [0.4, 0.5) is 5.95 Å². The number of halogens is 1. The van der Waals surface area contributed by atoms with E-state index in [1.54, 1.807) is 0 Å². The maximum atomic E-state index is 7.83. The second kappa shape index (κ2) is 3.59. The highest BCUT2D eigenvalue weighted by Gasteiger charge is 2.28. The van der Waals surface area contributed by atoms with E-state index in [1.807, 2.05) is 0 Å². The lowest BCUT2D eigenvalue weighted by atomic mass is 10.2. The van der Waals surface area contributed by atoms with E-state index in [9.17, 15) is 0 Å². The predicted molar refractivity (Wildman–Crippen MR) is 52.7 cm³/mol. The molecule has 0 aromatic carbocycles. The molecule has 5 heteroatoms. The highest BCUT2D eigenvalue weighted by Crippen LogP contribution is 2.18. The first-order chi connectivity index (χ1) is 10.1. The lowest BCUT2D eigenvalue weighted by Gasteiger charge is -2.37. The van der Waals surface area contributed by atoms with Crippen molar-refractivity contribution >= 4 is 21.9 Å². The van der Waals surface area contributed by atoms with Crippen molar-refractivity contribution in [1.82, 2.24) is 9.97 Å². The highest BCUT2D eigenvalue weighted by molar-refractivity contribution is 9.10. The topological polar surface area (TPSA) is 38.2 Å². The van der Waals surface area contributed by atoms with Gasteiger partial charge in [-0.1, -0.05) is 0 Å². The van der Waals surface area contributed by atoms with Crippen molar-refractivity contribution in [3.8, 4) is 0 Å². The first kappa shape index (κ1) is 2.90. The summed E-state index contributed by atoms with van der Waals surface area (Å²) in [5.41, 5.74) is 0.